The summed E-state index contributed by atoms with van der Waals surface area (Å²) >= 11 is 0. The molecule has 11 nitrogen and oxygen atoms in total. The standard InChI is InChI=1S/C18H16F3N9O2/c19-18(20,21)14(10-1-3-11(4-2-10)15-23-9-32-28-15)24-12(7-13-26-29-30-27-13)16(31)25-17(8-22)5-6-17/h1-4,9,12,14,24H,5-7H2,(H,25,31)(H,26,27,29,30)/t12-,14-/m0/s1. The molecule has 4 rings (SSSR count). The first-order valence-electron chi connectivity index (χ1n) is 9.45. The van der Waals surface area contributed by atoms with E-state index in [0.29, 0.717) is 18.4 Å². The van der Waals surface area contributed by atoms with Crippen molar-refractivity contribution in [3.8, 4) is 17.5 Å². The molecular weight excluding hydrogens is 431 g/mol. The van der Waals surface area contributed by atoms with Gasteiger partial charge in [0.15, 0.2) is 5.82 Å². The maximum atomic E-state index is 14.0. The Balaban J connectivity index is 1.59. The van der Waals surface area contributed by atoms with E-state index < -0.39 is 29.7 Å². The summed E-state index contributed by atoms with van der Waals surface area (Å²) in [5, 5.41) is 30.6. The summed E-state index contributed by atoms with van der Waals surface area (Å²) in [6, 6.07) is 3.81. The van der Waals surface area contributed by atoms with Crippen molar-refractivity contribution in [3.63, 3.8) is 0 Å². The van der Waals surface area contributed by atoms with Gasteiger partial charge in [-0.3, -0.25) is 10.1 Å². The maximum Gasteiger partial charge on any atom is 0.407 e. The highest BCUT2D eigenvalue weighted by atomic mass is 19.4. The molecule has 0 bridgehead atoms. The van der Waals surface area contributed by atoms with E-state index in [1.54, 1.807) is 0 Å². The lowest BCUT2D eigenvalue weighted by atomic mass is 10.0. The fraction of sp³-hybridized carbons (Fsp3) is 0.389. The normalized spacial score (nSPS) is 16.7. The third kappa shape index (κ3) is 4.72. The minimum atomic E-state index is -4.72. The van der Waals surface area contributed by atoms with Gasteiger partial charge in [0.2, 0.25) is 18.1 Å². The van der Waals surface area contributed by atoms with Crippen molar-refractivity contribution in [2.24, 2.45) is 0 Å². The Kier molecular flexibility index (Phi) is 5.57. The Morgan fingerprint density at radius 2 is 2.06 bits per heavy atom. The lowest BCUT2D eigenvalue weighted by Gasteiger charge is -2.27. The second kappa shape index (κ2) is 8.35. The number of alkyl halides is 3. The van der Waals surface area contributed by atoms with Crippen molar-refractivity contribution in [2.45, 2.75) is 43.1 Å². The summed E-state index contributed by atoms with van der Waals surface area (Å²) in [6.45, 7) is 0. The zero-order valence-electron chi connectivity index (χ0n) is 16.3. The largest absolute Gasteiger partial charge is 0.407 e. The summed E-state index contributed by atoms with van der Waals surface area (Å²) in [5.41, 5.74) is -0.703. The molecule has 0 aliphatic heterocycles. The number of aromatic nitrogens is 6. The smallest absolute Gasteiger partial charge is 0.342 e. The van der Waals surface area contributed by atoms with Gasteiger partial charge in [-0.2, -0.15) is 23.4 Å². The Labute approximate surface area is 178 Å². The summed E-state index contributed by atoms with van der Waals surface area (Å²) in [5.74, 6) is -0.402. The molecule has 1 amide bonds. The summed E-state index contributed by atoms with van der Waals surface area (Å²) in [4.78, 5) is 16.6. The number of halogens is 3. The van der Waals surface area contributed by atoms with Crippen LogP contribution >= 0.6 is 0 Å². The van der Waals surface area contributed by atoms with Gasteiger partial charge in [-0.05, 0) is 28.8 Å². The number of nitrogens with one attached hydrogen (secondary N) is 3. The zero-order valence-corrected chi connectivity index (χ0v) is 16.3. The zero-order chi connectivity index (χ0) is 22.8. The molecule has 0 radical (unpaired) electrons. The monoisotopic (exact) mass is 447 g/mol. The van der Waals surface area contributed by atoms with Gasteiger partial charge in [-0.15, -0.1) is 5.10 Å². The van der Waals surface area contributed by atoms with Crippen molar-refractivity contribution in [2.75, 3.05) is 0 Å². The molecule has 1 aliphatic carbocycles. The fourth-order valence-corrected chi connectivity index (χ4v) is 3.10. The molecule has 0 saturated heterocycles. The van der Waals surface area contributed by atoms with Crippen molar-refractivity contribution in [1.82, 2.24) is 41.4 Å². The lowest BCUT2D eigenvalue weighted by Crippen LogP contribution is -2.52. The molecular formula is C18H16F3N9O2. The molecule has 3 N–H and O–H groups in total. The van der Waals surface area contributed by atoms with Gasteiger partial charge in [0.1, 0.15) is 11.6 Å². The van der Waals surface area contributed by atoms with Crippen LogP contribution in [0.25, 0.3) is 11.4 Å². The molecule has 1 aliphatic rings. The molecule has 0 spiro atoms. The number of aromatic amines is 1. The van der Waals surface area contributed by atoms with E-state index in [9.17, 15) is 23.2 Å². The molecule has 1 saturated carbocycles. The number of H-pyrrole nitrogens is 1. The molecule has 166 valence electrons. The number of tetrazole rings is 1. The quantitative estimate of drug-likeness (QED) is 0.462. The van der Waals surface area contributed by atoms with Crippen molar-refractivity contribution in [3.05, 3.63) is 42.0 Å². The Morgan fingerprint density at radius 1 is 1.31 bits per heavy atom. The lowest BCUT2D eigenvalue weighted by molar-refractivity contribution is -0.161. The van der Waals surface area contributed by atoms with E-state index in [0.717, 1.165) is 6.39 Å². The van der Waals surface area contributed by atoms with Gasteiger partial charge in [0.25, 0.3) is 0 Å². The molecule has 2 atom stereocenters. The van der Waals surface area contributed by atoms with E-state index in [4.69, 9.17) is 0 Å². The predicted octanol–water partition coefficient (Wildman–Crippen LogP) is 1.23. The number of hydrogen-bond donors (Lipinski definition) is 3. The molecule has 32 heavy (non-hydrogen) atoms. The predicted molar refractivity (Wildman–Crippen MR) is 99.1 cm³/mol. The van der Waals surface area contributed by atoms with E-state index in [-0.39, 0.29) is 23.6 Å². The van der Waals surface area contributed by atoms with Gasteiger partial charge in [-0.1, -0.05) is 29.4 Å². The van der Waals surface area contributed by atoms with Crippen LogP contribution < -0.4 is 10.6 Å². The second-order valence-electron chi connectivity index (χ2n) is 7.31. The van der Waals surface area contributed by atoms with Crippen LogP contribution in [0.15, 0.2) is 35.2 Å². The average Bonchev–Trinajstić information content (AvgIpc) is 3.14. The van der Waals surface area contributed by atoms with Crippen LogP contribution in [0.4, 0.5) is 13.2 Å². The van der Waals surface area contributed by atoms with Gasteiger partial charge < -0.3 is 9.84 Å². The first-order valence-corrected chi connectivity index (χ1v) is 9.45. The van der Waals surface area contributed by atoms with Gasteiger partial charge >= 0.3 is 6.18 Å². The van der Waals surface area contributed by atoms with Crippen LogP contribution in [0.2, 0.25) is 0 Å². The maximum absolute atomic E-state index is 14.0. The van der Waals surface area contributed by atoms with Crippen LogP contribution in [0.5, 0.6) is 0 Å². The molecule has 1 aromatic carbocycles. The molecule has 1 fully saturated rings. The number of benzene rings is 1. The van der Waals surface area contributed by atoms with Crippen LogP contribution in [-0.2, 0) is 11.2 Å². The van der Waals surface area contributed by atoms with Crippen LogP contribution in [0, 0.1) is 11.3 Å². The van der Waals surface area contributed by atoms with Gasteiger partial charge in [0, 0.05) is 12.0 Å². The van der Waals surface area contributed by atoms with Crippen molar-refractivity contribution < 1.29 is 22.5 Å². The summed E-state index contributed by atoms with van der Waals surface area (Å²) in [7, 11) is 0. The first kappa shape index (κ1) is 21.4. The van der Waals surface area contributed by atoms with Crippen molar-refractivity contribution in [1.29, 1.82) is 5.26 Å². The van der Waals surface area contributed by atoms with E-state index in [1.807, 2.05) is 6.07 Å². The number of nitrogens with zero attached hydrogens (tertiary/aromatic N) is 6. The minimum absolute atomic E-state index is 0.118. The number of carbonyl (C=O) groups is 1. The number of nitriles is 1. The van der Waals surface area contributed by atoms with Gasteiger partial charge in [-0.25, -0.2) is 5.10 Å². The van der Waals surface area contributed by atoms with E-state index >= 15 is 0 Å². The third-order valence-electron chi connectivity index (χ3n) is 4.99. The minimum Gasteiger partial charge on any atom is -0.342 e. The van der Waals surface area contributed by atoms with Crippen LogP contribution in [0.1, 0.15) is 30.3 Å². The Morgan fingerprint density at radius 3 is 2.59 bits per heavy atom. The molecule has 14 heteroatoms. The number of rotatable bonds is 8. The van der Waals surface area contributed by atoms with E-state index in [2.05, 4.69) is 45.9 Å². The van der Waals surface area contributed by atoms with E-state index in [1.165, 1.54) is 24.3 Å². The Bertz CT molecular complexity index is 1090. The molecule has 2 heterocycles. The van der Waals surface area contributed by atoms with Crippen LogP contribution in [-0.4, -0.2) is 54.4 Å². The number of carbonyl (C=O) groups excluding carboxylic acids is 1. The second-order valence-corrected chi connectivity index (χ2v) is 7.31. The molecule has 0 unspecified atom stereocenters. The fourth-order valence-electron chi connectivity index (χ4n) is 3.10. The van der Waals surface area contributed by atoms with Gasteiger partial charge in [0.05, 0.1) is 12.1 Å². The third-order valence-corrected chi connectivity index (χ3v) is 4.99. The Hall–Kier alpha value is -3.86. The van der Waals surface area contributed by atoms with Crippen molar-refractivity contribution >= 4 is 5.91 Å². The summed E-state index contributed by atoms with van der Waals surface area (Å²) in [6.07, 6.45) is -2.98. The SMILES string of the molecule is N#CC1(NC(=O)[C@H](Cc2nnn[nH]2)N[C@@H](c2ccc(-c3ncon3)cc2)C(F)(F)F)CC1. The highest BCUT2D eigenvalue weighted by molar-refractivity contribution is 5.83. The highest BCUT2D eigenvalue weighted by Crippen LogP contribution is 2.36. The number of amides is 1. The van der Waals surface area contributed by atoms with Crippen LogP contribution in [0.3, 0.4) is 0 Å². The summed E-state index contributed by atoms with van der Waals surface area (Å²) < 4.78 is 46.5. The topological polar surface area (TPSA) is 158 Å². The molecule has 3 aromatic rings. The molecule has 2 aromatic heterocycles. The average molecular weight is 447 g/mol. The first-order chi connectivity index (χ1) is 15.3. The highest BCUT2D eigenvalue weighted by Gasteiger charge is 2.47. The number of hydrogen-bond acceptors (Lipinski definition) is 9.